The monoisotopic (exact) mass is 233 g/mol. The van der Waals surface area contributed by atoms with Crippen molar-refractivity contribution in [2.75, 3.05) is 18.9 Å². The second-order valence-corrected chi connectivity index (χ2v) is 4.19. The van der Waals surface area contributed by atoms with Crippen LogP contribution in [0.3, 0.4) is 0 Å². The van der Waals surface area contributed by atoms with Crippen LogP contribution in [0, 0.1) is 6.92 Å². The van der Waals surface area contributed by atoms with E-state index in [1.54, 1.807) is 0 Å². The van der Waals surface area contributed by atoms with Crippen molar-refractivity contribution in [2.45, 2.75) is 33.6 Å². The first-order valence-corrected chi connectivity index (χ1v) is 6.28. The van der Waals surface area contributed by atoms with Crippen LogP contribution in [-0.2, 0) is 11.2 Å². The fraction of sp³-hybridized carbons (Fsp3) is 0.467. The topological polar surface area (TPSA) is 35.2 Å². The van der Waals surface area contributed by atoms with Crippen molar-refractivity contribution in [1.82, 2.24) is 0 Å². The third kappa shape index (κ3) is 4.23. The van der Waals surface area contributed by atoms with E-state index >= 15 is 0 Å². The van der Waals surface area contributed by atoms with Crippen LogP contribution in [0.4, 0.5) is 5.69 Å². The Bertz CT molecular complexity index is 383. The van der Waals surface area contributed by atoms with Gasteiger partial charge in [0.15, 0.2) is 0 Å². The summed E-state index contributed by atoms with van der Waals surface area (Å²) >= 11 is 0. The number of nitrogens with two attached hydrogens (primary N) is 1. The minimum Gasteiger partial charge on any atom is -0.399 e. The maximum atomic E-state index is 5.92. The van der Waals surface area contributed by atoms with Crippen LogP contribution in [0.5, 0.6) is 0 Å². The lowest BCUT2D eigenvalue weighted by Gasteiger charge is -2.11. The van der Waals surface area contributed by atoms with Crippen LogP contribution in [0.15, 0.2) is 18.2 Å². The van der Waals surface area contributed by atoms with Gasteiger partial charge in [0.1, 0.15) is 0 Å². The average Bonchev–Trinajstić information content (AvgIpc) is 2.30. The molecule has 94 valence electrons. The fourth-order valence-corrected chi connectivity index (χ4v) is 1.95. The molecule has 0 saturated heterocycles. The molecule has 0 aromatic heterocycles. The third-order valence-electron chi connectivity index (χ3n) is 2.86. The van der Waals surface area contributed by atoms with Crippen LogP contribution in [-0.4, -0.2) is 13.2 Å². The molecule has 0 aliphatic heterocycles. The summed E-state index contributed by atoms with van der Waals surface area (Å²) in [5.74, 6) is 0. The summed E-state index contributed by atoms with van der Waals surface area (Å²) in [6.45, 7) is 7.82. The lowest BCUT2D eigenvalue weighted by molar-refractivity contribution is 0.145. The maximum Gasteiger partial charge on any atom is 0.0469 e. The Morgan fingerprint density at radius 3 is 2.76 bits per heavy atom. The molecule has 0 heterocycles. The van der Waals surface area contributed by atoms with E-state index in [1.165, 1.54) is 16.7 Å². The summed E-state index contributed by atoms with van der Waals surface area (Å²) in [5, 5.41) is 0. The predicted molar refractivity (Wildman–Crippen MR) is 75.1 cm³/mol. The van der Waals surface area contributed by atoms with Crippen LogP contribution < -0.4 is 5.73 Å². The quantitative estimate of drug-likeness (QED) is 0.602. The summed E-state index contributed by atoms with van der Waals surface area (Å²) in [5.41, 5.74) is 10.6. The van der Waals surface area contributed by atoms with E-state index in [9.17, 15) is 0 Å². The Morgan fingerprint density at radius 1 is 1.35 bits per heavy atom. The van der Waals surface area contributed by atoms with Crippen LogP contribution in [0.1, 0.15) is 37.0 Å². The lowest BCUT2D eigenvalue weighted by Crippen LogP contribution is -2.00. The Kier molecular flexibility index (Phi) is 5.78. The van der Waals surface area contributed by atoms with Gasteiger partial charge in [0.2, 0.25) is 0 Å². The van der Waals surface area contributed by atoms with Gasteiger partial charge in [-0.15, -0.1) is 0 Å². The van der Waals surface area contributed by atoms with Gasteiger partial charge in [-0.1, -0.05) is 12.2 Å². The third-order valence-corrected chi connectivity index (χ3v) is 2.86. The molecule has 0 atom stereocenters. The standard InChI is InChI=1S/C15H23NO/c1-4-7-13-10-15(16)11-14(12(13)3)8-6-9-17-5-2/h4,7,10-11H,5-6,8-9,16H2,1-3H3/b7-4-. The van der Waals surface area contributed by atoms with Gasteiger partial charge < -0.3 is 10.5 Å². The largest absolute Gasteiger partial charge is 0.399 e. The van der Waals surface area contributed by atoms with E-state index in [1.807, 2.05) is 26.0 Å². The number of allylic oxidation sites excluding steroid dienone is 1. The summed E-state index contributed by atoms with van der Waals surface area (Å²) in [7, 11) is 0. The molecule has 2 heteroatoms. The molecular formula is C15H23NO. The number of anilines is 1. The highest BCUT2D eigenvalue weighted by Crippen LogP contribution is 2.21. The number of hydrogen-bond acceptors (Lipinski definition) is 2. The van der Waals surface area contributed by atoms with Gasteiger partial charge in [0, 0.05) is 18.9 Å². The van der Waals surface area contributed by atoms with Gasteiger partial charge in [0.05, 0.1) is 0 Å². The minimum absolute atomic E-state index is 0.791. The first kappa shape index (κ1) is 13.8. The molecule has 0 unspecified atom stereocenters. The smallest absolute Gasteiger partial charge is 0.0469 e. The first-order chi connectivity index (χ1) is 8.19. The maximum absolute atomic E-state index is 5.92. The van der Waals surface area contributed by atoms with E-state index in [0.717, 1.165) is 31.7 Å². The number of hydrogen-bond donors (Lipinski definition) is 1. The molecule has 1 aromatic carbocycles. The molecule has 0 aliphatic carbocycles. The van der Waals surface area contributed by atoms with Crippen molar-refractivity contribution in [3.05, 3.63) is 34.9 Å². The molecule has 0 amide bonds. The fourth-order valence-electron chi connectivity index (χ4n) is 1.95. The van der Waals surface area contributed by atoms with Crippen LogP contribution in [0.2, 0.25) is 0 Å². The van der Waals surface area contributed by atoms with E-state index in [0.29, 0.717) is 0 Å². The summed E-state index contributed by atoms with van der Waals surface area (Å²) < 4.78 is 5.36. The van der Waals surface area contributed by atoms with Gasteiger partial charge in [-0.05, 0) is 62.4 Å². The minimum atomic E-state index is 0.791. The zero-order valence-corrected chi connectivity index (χ0v) is 11.1. The molecule has 0 aliphatic rings. The van der Waals surface area contributed by atoms with Crippen LogP contribution in [0.25, 0.3) is 6.08 Å². The van der Waals surface area contributed by atoms with E-state index < -0.39 is 0 Å². The molecule has 0 spiro atoms. The highest BCUT2D eigenvalue weighted by molar-refractivity contribution is 5.61. The Labute approximate surface area is 104 Å². The van der Waals surface area contributed by atoms with Crippen molar-refractivity contribution in [3.63, 3.8) is 0 Å². The summed E-state index contributed by atoms with van der Waals surface area (Å²) in [6.07, 6.45) is 6.23. The van der Waals surface area contributed by atoms with Crippen molar-refractivity contribution in [1.29, 1.82) is 0 Å². The molecular weight excluding hydrogens is 210 g/mol. The van der Waals surface area contributed by atoms with Gasteiger partial charge in [0.25, 0.3) is 0 Å². The Morgan fingerprint density at radius 2 is 2.12 bits per heavy atom. The molecule has 2 N–H and O–H groups in total. The van der Waals surface area contributed by atoms with Gasteiger partial charge in [-0.25, -0.2) is 0 Å². The highest BCUT2D eigenvalue weighted by atomic mass is 16.5. The van der Waals surface area contributed by atoms with E-state index in [2.05, 4.69) is 19.1 Å². The van der Waals surface area contributed by atoms with Gasteiger partial charge >= 0.3 is 0 Å². The second-order valence-electron chi connectivity index (χ2n) is 4.19. The van der Waals surface area contributed by atoms with Gasteiger partial charge in [-0.3, -0.25) is 0 Å². The average molecular weight is 233 g/mol. The number of rotatable bonds is 6. The highest BCUT2D eigenvalue weighted by Gasteiger charge is 2.04. The van der Waals surface area contributed by atoms with E-state index in [-0.39, 0.29) is 0 Å². The zero-order chi connectivity index (χ0) is 12.7. The number of nitrogen functional groups attached to an aromatic ring is 1. The zero-order valence-electron chi connectivity index (χ0n) is 11.1. The predicted octanol–water partition coefficient (Wildman–Crippen LogP) is 3.58. The van der Waals surface area contributed by atoms with Crippen LogP contribution >= 0.6 is 0 Å². The molecule has 1 rings (SSSR count). The Balaban J connectivity index is 2.77. The second kappa shape index (κ2) is 7.13. The molecule has 0 fully saturated rings. The summed E-state index contributed by atoms with van der Waals surface area (Å²) in [6, 6.07) is 4.11. The van der Waals surface area contributed by atoms with Crippen molar-refractivity contribution in [3.8, 4) is 0 Å². The first-order valence-electron chi connectivity index (χ1n) is 6.28. The molecule has 17 heavy (non-hydrogen) atoms. The summed E-state index contributed by atoms with van der Waals surface area (Å²) in [4.78, 5) is 0. The SMILES string of the molecule is C/C=C\c1cc(N)cc(CCCOCC)c1C. The van der Waals surface area contributed by atoms with Gasteiger partial charge in [-0.2, -0.15) is 0 Å². The number of ether oxygens (including phenoxy) is 1. The lowest BCUT2D eigenvalue weighted by atomic mass is 9.97. The molecule has 0 bridgehead atoms. The molecule has 0 radical (unpaired) electrons. The Hall–Kier alpha value is -1.28. The van der Waals surface area contributed by atoms with Crippen molar-refractivity contribution < 1.29 is 4.74 Å². The number of benzene rings is 1. The normalized spacial score (nSPS) is 11.2. The van der Waals surface area contributed by atoms with Crippen molar-refractivity contribution in [2.24, 2.45) is 0 Å². The molecule has 0 saturated carbocycles. The number of aryl methyl sites for hydroxylation is 1. The molecule has 1 aromatic rings. The van der Waals surface area contributed by atoms with Crippen molar-refractivity contribution >= 4 is 11.8 Å². The van der Waals surface area contributed by atoms with E-state index in [4.69, 9.17) is 10.5 Å². The molecule has 2 nitrogen and oxygen atoms in total.